The van der Waals surface area contributed by atoms with Gasteiger partial charge in [0.15, 0.2) is 11.5 Å². The first kappa shape index (κ1) is 19.5. The van der Waals surface area contributed by atoms with Crippen LogP contribution in [0.5, 0.6) is 17.2 Å². The van der Waals surface area contributed by atoms with E-state index in [2.05, 4.69) is 4.72 Å². The van der Waals surface area contributed by atoms with Crippen LogP contribution in [-0.4, -0.2) is 46.2 Å². The molecule has 0 radical (unpaired) electrons. The van der Waals surface area contributed by atoms with Crippen LogP contribution in [0.1, 0.15) is 28.8 Å². The van der Waals surface area contributed by atoms with Crippen molar-refractivity contribution < 1.29 is 27.4 Å². The monoisotopic (exact) mass is 418 g/mol. The molecule has 0 bridgehead atoms. The van der Waals surface area contributed by atoms with Gasteiger partial charge in [-0.3, -0.25) is 4.79 Å². The Morgan fingerprint density at radius 1 is 1.17 bits per heavy atom. The van der Waals surface area contributed by atoms with E-state index in [0.29, 0.717) is 18.0 Å². The van der Waals surface area contributed by atoms with E-state index in [1.165, 1.54) is 24.1 Å². The average molecular weight is 418 g/mol. The SMILES string of the molecule is COc1ccc(C(=O)N(C)Cc2ccc3c(c2)OCO3)cc1S(=O)(=O)NC1CC1. The largest absolute Gasteiger partial charge is 0.495 e. The number of nitrogens with one attached hydrogen (secondary N) is 1. The topological polar surface area (TPSA) is 94.2 Å². The number of ether oxygens (including phenoxy) is 3. The molecule has 9 heteroatoms. The molecule has 1 aliphatic carbocycles. The lowest BCUT2D eigenvalue weighted by Crippen LogP contribution is -2.28. The zero-order valence-corrected chi connectivity index (χ0v) is 17.0. The van der Waals surface area contributed by atoms with Gasteiger partial charge in [0.1, 0.15) is 10.6 Å². The minimum Gasteiger partial charge on any atom is -0.495 e. The Morgan fingerprint density at radius 3 is 2.66 bits per heavy atom. The summed E-state index contributed by atoms with van der Waals surface area (Å²) in [5.74, 6) is 1.23. The molecular formula is C20H22N2O6S. The zero-order chi connectivity index (χ0) is 20.6. The minimum absolute atomic E-state index is 0.0331. The van der Waals surface area contributed by atoms with Crippen LogP contribution in [0.4, 0.5) is 0 Å². The van der Waals surface area contributed by atoms with Gasteiger partial charge < -0.3 is 19.1 Å². The zero-order valence-electron chi connectivity index (χ0n) is 16.2. The van der Waals surface area contributed by atoms with Crippen molar-refractivity contribution in [3.63, 3.8) is 0 Å². The average Bonchev–Trinajstić information content (AvgIpc) is 3.38. The highest BCUT2D eigenvalue weighted by atomic mass is 32.2. The van der Waals surface area contributed by atoms with Crippen LogP contribution in [0.15, 0.2) is 41.3 Å². The van der Waals surface area contributed by atoms with Gasteiger partial charge in [0, 0.05) is 25.2 Å². The maximum Gasteiger partial charge on any atom is 0.253 e. The molecule has 0 spiro atoms. The van der Waals surface area contributed by atoms with E-state index >= 15 is 0 Å². The second-order valence-electron chi connectivity index (χ2n) is 7.11. The number of nitrogens with zero attached hydrogens (tertiary/aromatic N) is 1. The van der Waals surface area contributed by atoms with Crippen molar-refractivity contribution in [2.24, 2.45) is 0 Å². The Bertz CT molecular complexity index is 1050. The predicted octanol–water partition coefficient (Wildman–Crippen LogP) is 2.14. The number of carbonyl (C=O) groups excluding carboxylic acids is 1. The van der Waals surface area contributed by atoms with Crippen LogP contribution in [0.25, 0.3) is 0 Å². The number of methoxy groups -OCH3 is 1. The standard InChI is InChI=1S/C20H22N2O6S/c1-22(11-13-3-7-16-18(9-13)28-12-27-16)20(23)14-4-8-17(26-2)19(10-14)29(24,25)21-15-5-6-15/h3-4,7-10,15,21H,5-6,11-12H2,1-2H3. The Hall–Kier alpha value is -2.78. The summed E-state index contributed by atoms with van der Waals surface area (Å²) >= 11 is 0. The van der Waals surface area contributed by atoms with Gasteiger partial charge in [-0.2, -0.15) is 0 Å². The first-order valence-electron chi connectivity index (χ1n) is 9.22. The molecule has 2 aromatic carbocycles. The van der Waals surface area contributed by atoms with Gasteiger partial charge in [-0.25, -0.2) is 13.1 Å². The van der Waals surface area contributed by atoms with Crippen molar-refractivity contribution in [1.82, 2.24) is 9.62 Å². The number of carbonyl (C=O) groups is 1. The quantitative estimate of drug-likeness (QED) is 0.740. The lowest BCUT2D eigenvalue weighted by Gasteiger charge is -2.19. The summed E-state index contributed by atoms with van der Waals surface area (Å²) in [6, 6.07) is 9.88. The van der Waals surface area contributed by atoms with E-state index in [1.54, 1.807) is 19.2 Å². The molecule has 1 aliphatic heterocycles. The fourth-order valence-corrected chi connectivity index (χ4v) is 4.61. The number of sulfonamides is 1. The Morgan fingerprint density at radius 2 is 1.93 bits per heavy atom. The molecule has 0 saturated heterocycles. The minimum atomic E-state index is -3.76. The first-order valence-corrected chi connectivity index (χ1v) is 10.7. The predicted molar refractivity (Wildman–Crippen MR) is 105 cm³/mol. The van der Waals surface area contributed by atoms with Crippen molar-refractivity contribution >= 4 is 15.9 Å². The molecule has 0 atom stereocenters. The summed E-state index contributed by atoms with van der Waals surface area (Å²) in [5.41, 5.74) is 1.15. The number of hydrogen-bond acceptors (Lipinski definition) is 6. The number of benzene rings is 2. The van der Waals surface area contributed by atoms with Crippen LogP contribution in [0.2, 0.25) is 0 Å². The molecular weight excluding hydrogens is 396 g/mol. The summed E-state index contributed by atoms with van der Waals surface area (Å²) in [6.07, 6.45) is 1.64. The number of fused-ring (bicyclic) bond motifs is 1. The highest BCUT2D eigenvalue weighted by Gasteiger charge is 2.30. The number of hydrogen-bond donors (Lipinski definition) is 1. The van der Waals surface area contributed by atoms with Crippen molar-refractivity contribution in [2.75, 3.05) is 21.0 Å². The number of amides is 1. The van der Waals surface area contributed by atoms with Gasteiger partial charge in [0.2, 0.25) is 16.8 Å². The van der Waals surface area contributed by atoms with Crippen LogP contribution in [-0.2, 0) is 16.6 Å². The highest BCUT2D eigenvalue weighted by molar-refractivity contribution is 7.89. The lowest BCUT2D eigenvalue weighted by atomic mass is 10.1. The molecule has 1 N–H and O–H groups in total. The normalized spacial score (nSPS) is 15.2. The van der Waals surface area contributed by atoms with E-state index in [-0.39, 0.29) is 35.0 Å². The van der Waals surface area contributed by atoms with Gasteiger partial charge in [-0.15, -0.1) is 0 Å². The van der Waals surface area contributed by atoms with E-state index in [1.807, 2.05) is 12.1 Å². The molecule has 1 fully saturated rings. The molecule has 8 nitrogen and oxygen atoms in total. The molecule has 2 aromatic rings. The van der Waals surface area contributed by atoms with E-state index in [4.69, 9.17) is 14.2 Å². The van der Waals surface area contributed by atoms with Gasteiger partial charge in [-0.1, -0.05) is 6.07 Å². The molecule has 1 amide bonds. The summed E-state index contributed by atoms with van der Waals surface area (Å²) in [5, 5.41) is 0. The van der Waals surface area contributed by atoms with E-state index in [0.717, 1.165) is 18.4 Å². The van der Waals surface area contributed by atoms with Crippen molar-refractivity contribution in [2.45, 2.75) is 30.3 Å². The van der Waals surface area contributed by atoms with Gasteiger partial charge in [-0.05, 0) is 48.7 Å². The van der Waals surface area contributed by atoms with Gasteiger partial charge >= 0.3 is 0 Å². The molecule has 0 unspecified atom stereocenters. The molecule has 154 valence electrons. The smallest absolute Gasteiger partial charge is 0.253 e. The lowest BCUT2D eigenvalue weighted by molar-refractivity contribution is 0.0784. The Balaban J connectivity index is 1.55. The summed E-state index contributed by atoms with van der Waals surface area (Å²) in [4.78, 5) is 14.4. The van der Waals surface area contributed by atoms with Crippen LogP contribution in [0, 0.1) is 0 Å². The molecule has 29 heavy (non-hydrogen) atoms. The number of rotatable bonds is 7. The van der Waals surface area contributed by atoms with E-state index in [9.17, 15) is 13.2 Å². The summed E-state index contributed by atoms with van der Waals surface area (Å²) in [7, 11) is -0.701. The van der Waals surface area contributed by atoms with Gasteiger partial charge in [0.05, 0.1) is 7.11 Å². The fourth-order valence-electron chi connectivity index (χ4n) is 3.11. The third-order valence-corrected chi connectivity index (χ3v) is 6.34. The fraction of sp³-hybridized carbons (Fsp3) is 0.350. The molecule has 1 heterocycles. The van der Waals surface area contributed by atoms with Crippen molar-refractivity contribution in [3.05, 3.63) is 47.5 Å². The molecule has 2 aliphatic rings. The van der Waals surface area contributed by atoms with Crippen LogP contribution >= 0.6 is 0 Å². The maximum atomic E-state index is 12.9. The Kier molecular flexibility index (Phi) is 5.10. The second kappa shape index (κ2) is 7.57. The van der Waals surface area contributed by atoms with Gasteiger partial charge in [0.25, 0.3) is 5.91 Å². The molecule has 4 rings (SSSR count). The van der Waals surface area contributed by atoms with Crippen molar-refractivity contribution in [3.8, 4) is 17.2 Å². The van der Waals surface area contributed by atoms with E-state index < -0.39 is 10.0 Å². The van der Waals surface area contributed by atoms with Crippen LogP contribution < -0.4 is 18.9 Å². The Labute approximate surface area is 169 Å². The third-order valence-electron chi connectivity index (χ3n) is 4.80. The summed E-state index contributed by atoms with van der Waals surface area (Å²) < 4.78 is 43.8. The summed E-state index contributed by atoms with van der Waals surface area (Å²) in [6.45, 7) is 0.523. The third kappa shape index (κ3) is 4.15. The molecule has 1 saturated carbocycles. The molecule has 0 aromatic heterocycles. The second-order valence-corrected chi connectivity index (χ2v) is 8.79. The maximum absolute atomic E-state index is 12.9. The highest BCUT2D eigenvalue weighted by Crippen LogP contribution is 2.33. The first-order chi connectivity index (χ1) is 13.9. The van der Waals surface area contributed by atoms with Crippen LogP contribution in [0.3, 0.4) is 0 Å². The van der Waals surface area contributed by atoms with Crippen molar-refractivity contribution in [1.29, 1.82) is 0 Å².